The molecule has 0 aromatic carbocycles. The molecule has 0 heterocycles. The summed E-state index contributed by atoms with van der Waals surface area (Å²) in [4.78, 5) is 21.3. The van der Waals surface area contributed by atoms with Gasteiger partial charge in [0.2, 0.25) is 6.41 Å². The number of amides is 3. The fraction of sp³-hybridized carbons (Fsp3) is 0.200. The first-order chi connectivity index (χ1) is 4.22. The van der Waals surface area contributed by atoms with Gasteiger partial charge in [0.25, 0.3) is 0 Å². The summed E-state index contributed by atoms with van der Waals surface area (Å²) in [5.74, 6) is 0. The highest BCUT2D eigenvalue weighted by atomic mass is 16.2. The van der Waals surface area contributed by atoms with Gasteiger partial charge in [-0.25, -0.2) is 4.79 Å². The summed E-state index contributed by atoms with van der Waals surface area (Å²) in [6.07, 6.45) is 1.63. The summed E-state index contributed by atoms with van der Waals surface area (Å²) in [5.41, 5.74) is 0. The van der Waals surface area contributed by atoms with Crippen molar-refractivity contribution >= 4 is 12.4 Å². The highest BCUT2D eigenvalue weighted by Gasteiger charge is 1.99. The molecule has 50 valence electrons. The molecule has 0 aromatic rings. The number of hydrogen-bond donors (Lipinski definition) is 1. The first kappa shape index (κ1) is 7.68. The Morgan fingerprint density at radius 3 is 2.67 bits per heavy atom. The van der Waals surface area contributed by atoms with E-state index in [4.69, 9.17) is 0 Å². The van der Waals surface area contributed by atoms with Gasteiger partial charge in [-0.3, -0.25) is 10.1 Å². The molecule has 0 aliphatic carbocycles. The number of imide groups is 1. The van der Waals surface area contributed by atoms with Crippen LogP contribution in [-0.4, -0.2) is 24.4 Å². The SMILES string of the molecule is C=CN(C)C(=O)NC=O. The van der Waals surface area contributed by atoms with Crippen molar-refractivity contribution in [1.29, 1.82) is 0 Å². The van der Waals surface area contributed by atoms with Gasteiger partial charge in [-0.1, -0.05) is 6.58 Å². The lowest BCUT2D eigenvalue weighted by Gasteiger charge is -2.07. The molecule has 0 saturated carbocycles. The molecular weight excluding hydrogens is 120 g/mol. The van der Waals surface area contributed by atoms with Crippen LogP contribution in [0.3, 0.4) is 0 Å². The lowest BCUT2D eigenvalue weighted by atomic mass is 10.7. The van der Waals surface area contributed by atoms with Crippen LogP contribution in [0.2, 0.25) is 0 Å². The van der Waals surface area contributed by atoms with Crippen LogP contribution in [0.15, 0.2) is 12.8 Å². The zero-order valence-corrected chi connectivity index (χ0v) is 5.13. The van der Waals surface area contributed by atoms with Gasteiger partial charge in [0.1, 0.15) is 0 Å². The maximum atomic E-state index is 10.5. The number of carbonyl (C=O) groups excluding carboxylic acids is 2. The summed E-state index contributed by atoms with van der Waals surface area (Å²) in [6, 6.07) is -0.486. The highest BCUT2D eigenvalue weighted by molar-refractivity contribution is 5.84. The van der Waals surface area contributed by atoms with Crippen molar-refractivity contribution in [2.75, 3.05) is 7.05 Å². The number of nitrogens with zero attached hydrogens (tertiary/aromatic N) is 1. The second-order valence-corrected chi connectivity index (χ2v) is 1.36. The summed E-state index contributed by atoms with van der Waals surface area (Å²) in [5, 5.41) is 1.93. The number of nitrogens with one attached hydrogen (secondary N) is 1. The molecule has 0 radical (unpaired) electrons. The number of rotatable bonds is 2. The van der Waals surface area contributed by atoms with Crippen LogP contribution >= 0.6 is 0 Å². The van der Waals surface area contributed by atoms with Gasteiger partial charge in [-0.05, 0) is 0 Å². The molecule has 0 bridgehead atoms. The molecule has 0 aliphatic rings. The van der Waals surface area contributed by atoms with Gasteiger partial charge < -0.3 is 4.90 Å². The second-order valence-electron chi connectivity index (χ2n) is 1.36. The molecule has 4 heteroatoms. The third-order valence-electron chi connectivity index (χ3n) is 0.777. The van der Waals surface area contributed by atoms with Crippen LogP contribution in [0.1, 0.15) is 0 Å². The Morgan fingerprint density at radius 2 is 2.33 bits per heavy atom. The van der Waals surface area contributed by atoms with E-state index in [0.717, 1.165) is 4.90 Å². The third-order valence-corrected chi connectivity index (χ3v) is 0.777. The fourth-order valence-corrected chi connectivity index (χ4v) is 0.235. The summed E-state index contributed by atoms with van der Waals surface area (Å²) in [7, 11) is 1.49. The van der Waals surface area contributed by atoms with Crippen molar-refractivity contribution in [3.05, 3.63) is 12.8 Å². The normalized spacial score (nSPS) is 7.67. The van der Waals surface area contributed by atoms with Crippen molar-refractivity contribution < 1.29 is 9.59 Å². The first-order valence-electron chi connectivity index (χ1n) is 2.32. The van der Waals surface area contributed by atoms with Crippen LogP contribution in [0.25, 0.3) is 0 Å². The van der Waals surface area contributed by atoms with E-state index in [1.807, 2.05) is 5.32 Å². The van der Waals surface area contributed by atoms with Crippen molar-refractivity contribution in [2.45, 2.75) is 0 Å². The average molecular weight is 128 g/mol. The Bertz CT molecular complexity index is 133. The van der Waals surface area contributed by atoms with Crippen LogP contribution < -0.4 is 5.32 Å². The topological polar surface area (TPSA) is 49.4 Å². The maximum absolute atomic E-state index is 10.5. The van der Waals surface area contributed by atoms with E-state index in [1.54, 1.807) is 0 Å². The maximum Gasteiger partial charge on any atom is 0.327 e. The minimum atomic E-state index is -0.486. The van der Waals surface area contributed by atoms with Crippen molar-refractivity contribution in [3.8, 4) is 0 Å². The summed E-state index contributed by atoms with van der Waals surface area (Å²) < 4.78 is 0. The minimum Gasteiger partial charge on any atom is -0.304 e. The monoisotopic (exact) mass is 128 g/mol. The molecule has 9 heavy (non-hydrogen) atoms. The van der Waals surface area contributed by atoms with E-state index in [2.05, 4.69) is 6.58 Å². The lowest BCUT2D eigenvalue weighted by molar-refractivity contribution is -0.108. The standard InChI is InChI=1S/C5H8N2O2/c1-3-7(2)5(9)6-4-8/h3-4H,1H2,2H3,(H,6,8,9). The Labute approximate surface area is 53.1 Å². The van der Waals surface area contributed by atoms with Crippen molar-refractivity contribution in [2.24, 2.45) is 0 Å². The second kappa shape index (κ2) is 3.65. The zero-order valence-electron chi connectivity index (χ0n) is 5.13. The Morgan fingerprint density at radius 1 is 1.78 bits per heavy atom. The Kier molecular flexibility index (Phi) is 3.12. The molecule has 0 saturated heterocycles. The van der Waals surface area contributed by atoms with Crippen molar-refractivity contribution in [1.82, 2.24) is 10.2 Å². The number of carbonyl (C=O) groups is 2. The molecule has 1 N–H and O–H groups in total. The zero-order chi connectivity index (χ0) is 7.28. The minimum absolute atomic E-state index is 0.322. The van der Waals surface area contributed by atoms with E-state index in [1.165, 1.54) is 13.2 Å². The highest BCUT2D eigenvalue weighted by Crippen LogP contribution is 1.79. The lowest BCUT2D eigenvalue weighted by Crippen LogP contribution is -2.32. The molecular formula is C5H8N2O2. The van der Waals surface area contributed by atoms with Gasteiger partial charge in [0.15, 0.2) is 0 Å². The Hall–Kier alpha value is -1.32. The van der Waals surface area contributed by atoms with E-state index >= 15 is 0 Å². The van der Waals surface area contributed by atoms with E-state index in [-0.39, 0.29) is 0 Å². The number of urea groups is 1. The Balaban J connectivity index is 3.71. The van der Waals surface area contributed by atoms with Gasteiger partial charge in [-0.2, -0.15) is 0 Å². The molecule has 0 aromatic heterocycles. The average Bonchev–Trinajstić information content (AvgIpc) is 1.87. The largest absolute Gasteiger partial charge is 0.327 e. The molecule has 3 amide bonds. The molecule has 4 nitrogen and oxygen atoms in total. The fourth-order valence-electron chi connectivity index (χ4n) is 0.235. The summed E-state index contributed by atoms with van der Waals surface area (Å²) in [6.45, 7) is 3.31. The van der Waals surface area contributed by atoms with E-state index < -0.39 is 6.03 Å². The molecule has 0 aliphatic heterocycles. The molecule has 0 atom stereocenters. The van der Waals surface area contributed by atoms with Gasteiger partial charge >= 0.3 is 6.03 Å². The van der Waals surface area contributed by atoms with Crippen LogP contribution in [-0.2, 0) is 4.79 Å². The van der Waals surface area contributed by atoms with E-state index in [9.17, 15) is 9.59 Å². The smallest absolute Gasteiger partial charge is 0.304 e. The molecule has 0 spiro atoms. The predicted octanol–water partition coefficient (Wildman–Crippen LogP) is -0.0723. The quantitative estimate of drug-likeness (QED) is 0.529. The molecule has 0 rings (SSSR count). The third kappa shape index (κ3) is 2.48. The molecule has 0 fully saturated rings. The molecule has 0 unspecified atom stereocenters. The van der Waals surface area contributed by atoms with Gasteiger partial charge in [0.05, 0.1) is 0 Å². The number of hydrogen-bond acceptors (Lipinski definition) is 2. The summed E-state index contributed by atoms with van der Waals surface area (Å²) >= 11 is 0. The first-order valence-corrected chi connectivity index (χ1v) is 2.32. The predicted molar refractivity (Wildman–Crippen MR) is 32.6 cm³/mol. The van der Waals surface area contributed by atoms with E-state index in [0.29, 0.717) is 6.41 Å². The van der Waals surface area contributed by atoms with Crippen LogP contribution in [0.4, 0.5) is 4.79 Å². The van der Waals surface area contributed by atoms with Gasteiger partial charge in [-0.15, -0.1) is 0 Å². The van der Waals surface area contributed by atoms with Crippen molar-refractivity contribution in [3.63, 3.8) is 0 Å². The van der Waals surface area contributed by atoms with Gasteiger partial charge in [0, 0.05) is 13.2 Å². The van der Waals surface area contributed by atoms with Crippen LogP contribution in [0, 0.1) is 0 Å². The van der Waals surface area contributed by atoms with Crippen LogP contribution in [0.5, 0.6) is 0 Å².